The van der Waals surface area contributed by atoms with E-state index in [9.17, 15) is 19.2 Å². The molecule has 0 spiro atoms. The van der Waals surface area contributed by atoms with Gasteiger partial charge >= 0.3 is 18.0 Å². The number of aliphatic carboxylic acids is 2. The number of ether oxygens (including phenoxy) is 1. The maximum atomic E-state index is 11.9. The van der Waals surface area contributed by atoms with E-state index >= 15 is 0 Å². The molecule has 0 fully saturated rings. The van der Waals surface area contributed by atoms with Crippen LogP contribution in [0.25, 0.3) is 0 Å². The molecule has 0 aliphatic heterocycles. The molecule has 2 unspecified atom stereocenters. The standard InChI is InChI=1S/C16H29N3O7/c1-16(2,3)26-15(25)19-11(14(23)24)7-8-12(20)18-10(13(21)22)6-4-5-9-17/h10-11H,4-9,17H2,1-3H3,(H,18,20)(H,19,25)(H,21,22)(H,23,24). The van der Waals surface area contributed by atoms with Crippen molar-refractivity contribution in [3.63, 3.8) is 0 Å². The highest BCUT2D eigenvalue weighted by Crippen LogP contribution is 2.08. The molecule has 0 saturated carbocycles. The molecule has 0 aromatic rings. The number of unbranched alkanes of at least 4 members (excludes halogenated alkanes) is 1. The van der Waals surface area contributed by atoms with E-state index < -0.39 is 41.6 Å². The quantitative estimate of drug-likeness (QED) is 0.324. The summed E-state index contributed by atoms with van der Waals surface area (Å²) in [6.45, 7) is 5.32. The summed E-state index contributed by atoms with van der Waals surface area (Å²) in [7, 11) is 0. The Morgan fingerprint density at radius 2 is 1.50 bits per heavy atom. The number of nitrogens with two attached hydrogens (primary N) is 1. The summed E-state index contributed by atoms with van der Waals surface area (Å²) in [5.41, 5.74) is 4.56. The number of nitrogens with one attached hydrogen (secondary N) is 2. The Labute approximate surface area is 152 Å². The minimum atomic E-state index is -1.32. The lowest BCUT2D eigenvalue weighted by molar-refractivity contribution is -0.142. The van der Waals surface area contributed by atoms with E-state index in [-0.39, 0.29) is 19.3 Å². The highest BCUT2D eigenvalue weighted by atomic mass is 16.6. The predicted octanol–water partition coefficient (Wildman–Crippen LogP) is 0.443. The molecule has 2 amide bonds. The van der Waals surface area contributed by atoms with Gasteiger partial charge in [0.2, 0.25) is 5.91 Å². The van der Waals surface area contributed by atoms with Crippen LogP contribution in [0.15, 0.2) is 0 Å². The number of rotatable bonds is 11. The van der Waals surface area contributed by atoms with Gasteiger partial charge in [-0.05, 0) is 53.0 Å². The van der Waals surface area contributed by atoms with E-state index in [1.54, 1.807) is 20.8 Å². The Kier molecular flexibility index (Phi) is 10.3. The molecular weight excluding hydrogens is 346 g/mol. The number of amides is 2. The fourth-order valence-electron chi connectivity index (χ4n) is 2.00. The van der Waals surface area contributed by atoms with Gasteiger partial charge in [-0.15, -0.1) is 0 Å². The normalized spacial score (nSPS) is 13.4. The van der Waals surface area contributed by atoms with Gasteiger partial charge in [0.1, 0.15) is 17.7 Å². The SMILES string of the molecule is CC(C)(C)OC(=O)NC(CCC(=O)NC(CCCCN)C(=O)O)C(=O)O. The van der Waals surface area contributed by atoms with E-state index in [4.69, 9.17) is 20.7 Å². The number of hydrogen-bond acceptors (Lipinski definition) is 6. The van der Waals surface area contributed by atoms with Crippen molar-refractivity contribution in [3.05, 3.63) is 0 Å². The topological polar surface area (TPSA) is 168 Å². The number of alkyl carbamates (subject to hydrolysis) is 1. The highest BCUT2D eigenvalue weighted by Gasteiger charge is 2.25. The molecule has 10 nitrogen and oxygen atoms in total. The summed E-state index contributed by atoms with van der Waals surface area (Å²) in [4.78, 5) is 45.9. The van der Waals surface area contributed by atoms with Gasteiger partial charge in [0.15, 0.2) is 0 Å². The van der Waals surface area contributed by atoms with Crippen LogP contribution in [0.2, 0.25) is 0 Å². The Balaban J connectivity index is 4.54. The van der Waals surface area contributed by atoms with Crippen molar-refractivity contribution in [1.82, 2.24) is 10.6 Å². The average Bonchev–Trinajstić information content (AvgIpc) is 2.48. The second kappa shape index (κ2) is 11.3. The summed E-state index contributed by atoms with van der Waals surface area (Å²) in [5.74, 6) is -3.10. The van der Waals surface area contributed by atoms with Crippen LogP contribution in [0.3, 0.4) is 0 Å². The second-order valence-electron chi connectivity index (χ2n) is 6.82. The molecule has 26 heavy (non-hydrogen) atoms. The van der Waals surface area contributed by atoms with E-state index in [1.807, 2.05) is 0 Å². The average molecular weight is 375 g/mol. The van der Waals surface area contributed by atoms with Crippen molar-refractivity contribution in [2.45, 2.75) is 70.6 Å². The molecule has 0 bridgehead atoms. The Morgan fingerprint density at radius 3 is 1.96 bits per heavy atom. The summed E-state index contributed by atoms with van der Waals surface area (Å²) in [6, 6.07) is -2.38. The molecule has 0 heterocycles. The number of carboxylic acids is 2. The summed E-state index contributed by atoms with van der Waals surface area (Å²) >= 11 is 0. The van der Waals surface area contributed by atoms with Gasteiger partial charge in [0.05, 0.1) is 0 Å². The van der Waals surface area contributed by atoms with Gasteiger partial charge in [-0.3, -0.25) is 4.79 Å². The molecule has 0 saturated heterocycles. The molecule has 0 aromatic heterocycles. The van der Waals surface area contributed by atoms with Crippen molar-refractivity contribution in [2.24, 2.45) is 5.73 Å². The summed E-state index contributed by atoms with van der Waals surface area (Å²) in [6.07, 6.45) is 0.0574. The molecule has 6 N–H and O–H groups in total. The van der Waals surface area contributed by atoms with Crippen LogP contribution in [0.4, 0.5) is 4.79 Å². The first-order valence-electron chi connectivity index (χ1n) is 8.40. The summed E-state index contributed by atoms with van der Waals surface area (Å²) < 4.78 is 4.97. The zero-order chi connectivity index (χ0) is 20.3. The fraction of sp³-hybridized carbons (Fsp3) is 0.750. The molecular formula is C16H29N3O7. The van der Waals surface area contributed by atoms with Gasteiger partial charge < -0.3 is 31.3 Å². The molecule has 150 valence electrons. The van der Waals surface area contributed by atoms with Gasteiger partial charge in [-0.1, -0.05) is 0 Å². The maximum absolute atomic E-state index is 11.9. The van der Waals surface area contributed by atoms with E-state index in [2.05, 4.69) is 10.6 Å². The molecule has 0 aliphatic rings. The van der Waals surface area contributed by atoms with Crippen LogP contribution < -0.4 is 16.4 Å². The van der Waals surface area contributed by atoms with Crippen molar-refractivity contribution >= 4 is 23.9 Å². The number of carbonyl (C=O) groups is 4. The lowest BCUT2D eigenvalue weighted by Gasteiger charge is -2.22. The monoisotopic (exact) mass is 375 g/mol. The third-order valence-electron chi connectivity index (χ3n) is 3.23. The first-order valence-corrected chi connectivity index (χ1v) is 8.40. The van der Waals surface area contributed by atoms with Crippen LogP contribution in [0.5, 0.6) is 0 Å². The lowest BCUT2D eigenvalue weighted by atomic mass is 10.1. The Morgan fingerprint density at radius 1 is 0.962 bits per heavy atom. The Bertz CT molecular complexity index is 503. The number of carbonyl (C=O) groups excluding carboxylic acids is 2. The van der Waals surface area contributed by atoms with Crippen LogP contribution >= 0.6 is 0 Å². The number of hydrogen-bond donors (Lipinski definition) is 5. The largest absolute Gasteiger partial charge is 0.480 e. The molecule has 0 aromatic carbocycles. The van der Waals surface area contributed by atoms with Crippen LogP contribution in [0, 0.1) is 0 Å². The van der Waals surface area contributed by atoms with Crippen molar-refractivity contribution in [3.8, 4) is 0 Å². The molecule has 0 rings (SSSR count). The van der Waals surface area contributed by atoms with Crippen LogP contribution in [-0.4, -0.2) is 58.4 Å². The Hall–Kier alpha value is -2.36. The van der Waals surface area contributed by atoms with E-state index in [0.717, 1.165) is 0 Å². The number of carboxylic acid groups (broad SMARTS) is 2. The van der Waals surface area contributed by atoms with Crippen molar-refractivity contribution < 1.29 is 34.1 Å². The lowest BCUT2D eigenvalue weighted by Crippen LogP contribution is -2.45. The van der Waals surface area contributed by atoms with Gasteiger partial charge in [-0.25, -0.2) is 14.4 Å². The van der Waals surface area contributed by atoms with E-state index in [1.165, 1.54) is 0 Å². The first-order chi connectivity index (χ1) is 12.0. The smallest absolute Gasteiger partial charge is 0.408 e. The molecule has 0 radical (unpaired) electrons. The maximum Gasteiger partial charge on any atom is 0.408 e. The third-order valence-corrected chi connectivity index (χ3v) is 3.23. The molecule has 2 atom stereocenters. The van der Waals surface area contributed by atoms with Crippen LogP contribution in [-0.2, 0) is 19.1 Å². The van der Waals surface area contributed by atoms with Crippen LogP contribution in [0.1, 0.15) is 52.9 Å². The molecule has 10 heteroatoms. The minimum Gasteiger partial charge on any atom is -0.480 e. The van der Waals surface area contributed by atoms with Gasteiger partial charge in [-0.2, -0.15) is 0 Å². The van der Waals surface area contributed by atoms with Gasteiger partial charge in [0, 0.05) is 6.42 Å². The highest BCUT2D eigenvalue weighted by molar-refractivity contribution is 5.84. The van der Waals surface area contributed by atoms with Crippen molar-refractivity contribution in [2.75, 3.05) is 6.54 Å². The molecule has 0 aliphatic carbocycles. The third kappa shape index (κ3) is 11.2. The van der Waals surface area contributed by atoms with Gasteiger partial charge in [0.25, 0.3) is 0 Å². The first kappa shape index (κ1) is 23.6. The van der Waals surface area contributed by atoms with Crippen molar-refractivity contribution in [1.29, 1.82) is 0 Å². The fourth-order valence-corrected chi connectivity index (χ4v) is 2.00. The predicted molar refractivity (Wildman–Crippen MR) is 92.5 cm³/mol. The minimum absolute atomic E-state index is 0.199. The zero-order valence-corrected chi connectivity index (χ0v) is 15.4. The van der Waals surface area contributed by atoms with E-state index in [0.29, 0.717) is 19.4 Å². The summed E-state index contributed by atoms with van der Waals surface area (Å²) in [5, 5.41) is 22.8. The zero-order valence-electron chi connectivity index (χ0n) is 15.4. The second-order valence-corrected chi connectivity index (χ2v) is 6.82.